The molecule has 1 aliphatic carbocycles. The lowest BCUT2D eigenvalue weighted by Gasteiger charge is -2.13. The van der Waals surface area contributed by atoms with E-state index in [1.54, 1.807) is 18.3 Å². The molecule has 0 spiro atoms. The zero-order valence-corrected chi connectivity index (χ0v) is 17.3. The number of aromatic nitrogens is 1. The second-order valence-corrected chi connectivity index (χ2v) is 7.11. The van der Waals surface area contributed by atoms with Crippen molar-refractivity contribution in [2.45, 2.75) is 32.1 Å². The zero-order chi connectivity index (χ0) is 17.6. The summed E-state index contributed by atoms with van der Waals surface area (Å²) in [5, 5.41) is 6.45. The van der Waals surface area contributed by atoms with Crippen LogP contribution in [-0.2, 0) is 12.8 Å². The molecule has 4 N–H and O–H groups in total. The molecule has 2 heterocycles. The fourth-order valence-electron chi connectivity index (χ4n) is 2.96. The summed E-state index contributed by atoms with van der Waals surface area (Å²) in [6.45, 7) is 1.07. The van der Waals surface area contributed by atoms with Crippen molar-refractivity contribution < 1.29 is 9.59 Å². The first-order chi connectivity index (χ1) is 12.2. The number of nitrogens with one attached hydrogen (secondary N) is 2. The van der Waals surface area contributed by atoms with Crippen LogP contribution in [0.4, 0.5) is 5.00 Å². The van der Waals surface area contributed by atoms with Gasteiger partial charge in [0, 0.05) is 23.8 Å². The predicted octanol–water partition coefficient (Wildman–Crippen LogP) is 3.20. The molecule has 0 saturated heterocycles. The smallest absolute Gasteiger partial charge is 0.257 e. The molecule has 1 aliphatic rings. The number of anilines is 1. The summed E-state index contributed by atoms with van der Waals surface area (Å²) in [7, 11) is 0. The van der Waals surface area contributed by atoms with Gasteiger partial charge < -0.3 is 16.4 Å². The van der Waals surface area contributed by atoms with Gasteiger partial charge >= 0.3 is 0 Å². The zero-order valence-electron chi connectivity index (χ0n) is 14.8. The van der Waals surface area contributed by atoms with E-state index < -0.39 is 0 Å². The topological polar surface area (TPSA) is 97.1 Å². The quantitative estimate of drug-likeness (QED) is 0.612. The molecule has 0 aliphatic heterocycles. The average Bonchev–Trinajstić information content (AvgIpc) is 3.00. The van der Waals surface area contributed by atoms with Gasteiger partial charge in [0.25, 0.3) is 11.8 Å². The second kappa shape index (κ2) is 11.2. The van der Waals surface area contributed by atoms with E-state index in [9.17, 15) is 9.59 Å². The number of carbonyl (C=O) groups is 2. The molecule has 3 rings (SSSR count). The Balaban J connectivity index is 0.00000182. The molecule has 9 heteroatoms. The molecule has 6 nitrogen and oxygen atoms in total. The van der Waals surface area contributed by atoms with Crippen molar-refractivity contribution in [1.82, 2.24) is 10.3 Å². The number of thiophene rings is 1. The van der Waals surface area contributed by atoms with E-state index in [-0.39, 0.29) is 36.6 Å². The molecular formula is C18H24Cl2N4O2S. The van der Waals surface area contributed by atoms with E-state index in [1.165, 1.54) is 22.4 Å². The number of nitrogens with zero attached hydrogens (tertiary/aromatic N) is 1. The van der Waals surface area contributed by atoms with Crippen molar-refractivity contribution in [3.63, 3.8) is 0 Å². The highest BCUT2D eigenvalue weighted by atomic mass is 35.5. The van der Waals surface area contributed by atoms with Crippen LogP contribution in [-0.4, -0.2) is 29.9 Å². The van der Waals surface area contributed by atoms with Crippen LogP contribution in [0.5, 0.6) is 0 Å². The van der Waals surface area contributed by atoms with Gasteiger partial charge in [-0.25, -0.2) is 0 Å². The van der Waals surface area contributed by atoms with Gasteiger partial charge in [0.05, 0.1) is 11.1 Å². The summed E-state index contributed by atoms with van der Waals surface area (Å²) in [5.41, 5.74) is 7.67. The maximum atomic E-state index is 12.7. The summed E-state index contributed by atoms with van der Waals surface area (Å²) >= 11 is 1.51. The van der Waals surface area contributed by atoms with Crippen LogP contribution < -0.4 is 16.4 Å². The Hall–Kier alpha value is -1.67. The molecule has 0 aromatic carbocycles. The van der Waals surface area contributed by atoms with Crippen LogP contribution in [0.2, 0.25) is 0 Å². The standard InChI is InChI=1S/C18H22N4O2S.2ClH/c19-8-4-10-21-17(24)15-13-6-1-2-7-14(13)25-18(15)22-16(23)12-5-3-9-20-11-12;;/h3,5,9,11H,1-2,4,6-8,10,19H2,(H,21,24)(H,22,23);2*1H. The number of aryl methyl sites for hydroxylation is 1. The average molecular weight is 431 g/mol. The number of hydrogen-bond donors (Lipinski definition) is 3. The van der Waals surface area contributed by atoms with Gasteiger partial charge in [-0.05, 0) is 56.3 Å². The minimum absolute atomic E-state index is 0. The van der Waals surface area contributed by atoms with Crippen LogP contribution in [0.3, 0.4) is 0 Å². The summed E-state index contributed by atoms with van der Waals surface area (Å²) in [5.74, 6) is -0.378. The third kappa shape index (κ3) is 5.65. The number of halogens is 2. The first-order valence-corrected chi connectivity index (χ1v) is 9.36. The minimum Gasteiger partial charge on any atom is -0.352 e. The van der Waals surface area contributed by atoms with E-state index in [1.807, 2.05) is 0 Å². The molecule has 0 radical (unpaired) electrons. The lowest BCUT2D eigenvalue weighted by atomic mass is 9.95. The van der Waals surface area contributed by atoms with E-state index in [4.69, 9.17) is 5.73 Å². The molecule has 2 aromatic rings. The molecule has 0 fully saturated rings. The minimum atomic E-state index is -0.247. The van der Waals surface area contributed by atoms with Gasteiger partial charge in [-0.3, -0.25) is 14.6 Å². The normalized spacial score (nSPS) is 12.2. The Morgan fingerprint density at radius 2 is 1.96 bits per heavy atom. The number of fused-ring (bicyclic) bond motifs is 1. The summed E-state index contributed by atoms with van der Waals surface area (Å²) in [6.07, 6.45) is 7.91. The number of pyridine rings is 1. The number of carbonyl (C=O) groups excluding carboxylic acids is 2. The monoisotopic (exact) mass is 430 g/mol. The molecule has 0 saturated carbocycles. The third-order valence-corrected chi connectivity index (χ3v) is 5.42. The lowest BCUT2D eigenvalue weighted by Crippen LogP contribution is -2.28. The van der Waals surface area contributed by atoms with Crippen LogP contribution in [0.25, 0.3) is 0 Å². The maximum Gasteiger partial charge on any atom is 0.257 e. The van der Waals surface area contributed by atoms with Gasteiger partial charge in [0.15, 0.2) is 0 Å². The largest absolute Gasteiger partial charge is 0.352 e. The molecule has 0 bridgehead atoms. The number of nitrogens with two attached hydrogens (primary N) is 1. The molecule has 0 atom stereocenters. The summed E-state index contributed by atoms with van der Waals surface area (Å²) in [4.78, 5) is 30.3. The Kier molecular flexibility index (Phi) is 9.73. The first kappa shape index (κ1) is 23.4. The van der Waals surface area contributed by atoms with Gasteiger partial charge in [0.1, 0.15) is 5.00 Å². The molecule has 27 heavy (non-hydrogen) atoms. The molecule has 148 valence electrons. The Morgan fingerprint density at radius 3 is 2.67 bits per heavy atom. The number of amides is 2. The predicted molar refractivity (Wildman–Crippen MR) is 114 cm³/mol. The van der Waals surface area contributed by atoms with Crippen molar-refractivity contribution in [1.29, 1.82) is 0 Å². The lowest BCUT2D eigenvalue weighted by molar-refractivity contribution is 0.0953. The highest BCUT2D eigenvalue weighted by molar-refractivity contribution is 7.17. The van der Waals surface area contributed by atoms with E-state index in [2.05, 4.69) is 15.6 Å². The Bertz CT molecular complexity index is 768. The van der Waals surface area contributed by atoms with Gasteiger partial charge in [-0.15, -0.1) is 36.2 Å². The highest BCUT2D eigenvalue weighted by Gasteiger charge is 2.26. The van der Waals surface area contributed by atoms with Crippen LogP contribution in [0.15, 0.2) is 24.5 Å². The van der Waals surface area contributed by atoms with Crippen LogP contribution >= 0.6 is 36.2 Å². The van der Waals surface area contributed by atoms with Crippen LogP contribution in [0.1, 0.15) is 50.4 Å². The van der Waals surface area contributed by atoms with Crippen LogP contribution in [0, 0.1) is 0 Å². The van der Waals surface area contributed by atoms with Gasteiger partial charge in [-0.1, -0.05) is 0 Å². The van der Waals surface area contributed by atoms with Crippen molar-refractivity contribution >= 4 is 53.0 Å². The van der Waals surface area contributed by atoms with E-state index >= 15 is 0 Å². The number of hydrogen-bond acceptors (Lipinski definition) is 5. The molecule has 2 aromatic heterocycles. The molecular weight excluding hydrogens is 407 g/mol. The molecule has 0 unspecified atom stereocenters. The number of rotatable bonds is 6. The fraction of sp³-hybridized carbons (Fsp3) is 0.389. The third-order valence-electron chi connectivity index (χ3n) is 4.22. The Morgan fingerprint density at radius 1 is 1.19 bits per heavy atom. The SMILES string of the molecule is Cl.Cl.NCCCNC(=O)c1c(NC(=O)c2cccnc2)sc2c1CCCC2. The summed E-state index contributed by atoms with van der Waals surface area (Å²) in [6, 6.07) is 3.42. The van der Waals surface area contributed by atoms with Crippen molar-refractivity contribution in [3.8, 4) is 0 Å². The van der Waals surface area contributed by atoms with Crippen molar-refractivity contribution in [3.05, 3.63) is 46.1 Å². The second-order valence-electron chi connectivity index (χ2n) is 6.01. The van der Waals surface area contributed by atoms with Gasteiger partial charge in [-0.2, -0.15) is 0 Å². The highest BCUT2D eigenvalue weighted by Crippen LogP contribution is 2.38. The van der Waals surface area contributed by atoms with E-state index in [0.717, 1.165) is 37.7 Å². The van der Waals surface area contributed by atoms with Gasteiger partial charge in [0.2, 0.25) is 0 Å². The van der Waals surface area contributed by atoms with E-state index in [0.29, 0.717) is 29.2 Å². The summed E-state index contributed by atoms with van der Waals surface area (Å²) < 4.78 is 0. The fourth-order valence-corrected chi connectivity index (χ4v) is 4.24. The Labute approximate surface area is 175 Å². The maximum absolute atomic E-state index is 12.7. The first-order valence-electron chi connectivity index (χ1n) is 8.55. The van der Waals surface area contributed by atoms with Crippen molar-refractivity contribution in [2.24, 2.45) is 5.73 Å². The van der Waals surface area contributed by atoms with Crippen molar-refractivity contribution in [2.75, 3.05) is 18.4 Å². The molecule has 2 amide bonds.